The second-order valence-corrected chi connectivity index (χ2v) is 5.91. The lowest BCUT2D eigenvalue weighted by molar-refractivity contribution is -0.129. The van der Waals surface area contributed by atoms with Crippen LogP contribution in [0.25, 0.3) is 6.08 Å². The molecule has 0 saturated heterocycles. The Morgan fingerprint density at radius 2 is 1.88 bits per heavy atom. The molecule has 0 fully saturated rings. The molecule has 0 aliphatic carbocycles. The van der Waals surface area contributed by atoms with Gasteiger partial charge in [0.25, 0.3) is 0 Å². The second kappa shape index (κ2) is 7.17. The van der Waals surface area contributed by atoms with E-state index in [1.807, 2.05) is 0 Å². The fraction of sp³-hybridized carbons (Fsp3) is 0.111. The SMILES string of the molecule is COc1ccc(OC)c(C=C2N=C(c3ccc(Cl)cc3Cl)OC2=O)c1. The van der Waals surface area contributed by atoms with E-state index >= 15 is 0 Å². The van der Waals surface area contributed by atoms with Crippen LogP contribution in [0.4, 0.5) is 0 Å². The number of aliphatic imine (C=N–C) groups is 1. The van der Waals surface area contributed by atoms with Crippen molar-refractivity contribution in [1.82, 2.24) is 0 Å². The standard InChI is InChI=1S/C18H13Cl2NO4/c1-23-12-4-6-16(24-2)10(7-12)8-15-18(22)25-17(21-15)13-5-3-11(19)9-14(13)20/h3-9H,1-2H3. The Balaban J connectivity index is 2.01. The van der Waals surface area contributed by atoms with Crippen molar-refractivity contribution in [3.05, 3.63) is 63.3 Å². The molecular formula is C18H13Cl2NO4. The number of esters is 1. The highest BCUT2D eigenvalue weighted by molar-refractivity contribution is 6.37. The number of carbonyl (C=O) groups is 1. The van der Waals surface area contributed by atoms with Crippen molar-refractivity contribution >= 4 is 41.1 Å². The smallest absolute Gasteiger partial charge is 0.363 e. The Labute approximate surface area is 154 Å². The van der Waals surface area contributed by atoms with Crippen LogP contribution in [0.5, 0.6) is 11.5 Å². The van der Waals surface area contributed by atoms with Gasteiger partial charge in [-0.1, -0.05) is 23.2 Å². The summed E-state index contributed by atoms with van der Waals surface area (Å²) in [4.78, 5) is 16.4. The lowest BCUT2D eigenvalue weighted by Gasteiger charge is -2.07. The molecule has 0 bridgehead atoms. The predicted molar refractivity (Wildman–Crippen MR) is 96.6 cm³/mol. The van der Waals surface area contributed by atoms with Crippen LogP contribution >= 0.6 is 23.2 Å². The summed E-state index contributed by atoms with van der Waals surface area (Å²) >= 11 is 12.0. The number of carbonyl (C=O) groups excluding carboxylic acids is 1. The molecule has 25 heavy (non-hydrogen) atoms. The van der Waals surface area contributed by atoms with Crippen molar-refractivity contribution in [1.29, 1.82) is 0 Å². The highest BCUT2D eigenvalue weighted by Gasteiger charge is 2.26. The predicted octanol–water partition coefficient (Wildman–Crippen LogP) is 4.36. The van der Waals surface area contributed by atoms with Gasteiger partial charge in [0.15, 0.2) is 5.70 Å². The van der Waals surface area contributed by atoms with Crippen molar-refractivity contribution in [3.8, 4) is 11.5 Å². The van der Waals surface area contributed by atoms with Gasteiger partial charge < -0.3 is 14.2 Å². The van der Waals surface area contributed by atoms with Crippen LogP contribution in [0.1, 0.15) is 11.1 Å². The van der Waals surface area contributed by atoms with Crippen molar-refractivity contribution in [2.24, 2.45) is 4.99 Å². The Bertz CT molecular complexity index is 906. The van der Waals surface area contributed by atoms with E-state index in [2.05, 4.69) is 4.99 Å². The van der Waals surface area contributed by atoms with E-state index in [-0.39, 0.29) is 11.6 Å². The minimum absolute atomic E-state index is 0.125. The van der Waals surface area contributed by atoms with E-state index in [0.29, 0.717) is 32.7 Å². The lowest BCUT2D eigenvalue weighted by atomic mass is 10.1. The zero-order valence-corrected chi connectivity index (χ0v) is 14.9. The van der Waals surface area contributed by atoms with E-state index in [1.54, 1.807) is 56.7 Å². The normalized spacial score (nSPS) is 15.1. The molecule has 0 spiro atoms. The van der Waals surface area contributed by atoms with Gasteiger partial charge in [-0.15, -0.1) is 0 Å². The van der Waals surface area contributed by atoms with E-state index in [1.165, 1.54) is 0 Å². The highest BCUT2D eigenvalue weighted by atomic mass is 35.5. The molecule has 0 saturated carbocycles. The van der Waals surface area contributed by atoms with Gasteiger partial charge in [-0.25, -0.2) is 9.79 Å². The number of halogens is 2. The molecule has 1 heterocycles. The molecule has 0 atom stereocenters. The summed E-state index contributed by atoms with van der Waals surface area (Å²) in [6.07, 6.45) is 1.57. The minimum Gasteiger partial charge on any atom is -0.497 e. The quantitative estimate of drug-likeness (QED) is 0.586. The maximum atomic E-state index is 12.1. The van der Waals surface area contributed by atoms with Gasteiger partial charge in [0, 0.05) is 10.6 Å². The van der Waals surface area contributed by atoms with Gasteiger partial charge in [0.1, 0.15) is 11.5 Å². The highest BCUT2D eigenvalue weighted by Crippen LogP contribution is 2.29. The van der Waals surface area contributed by atoms with E-state index in [9.17, 15) is 4.79 Å². The third-order valence-electron chi connectivity index (χ3n) is 3.51. The molecule has 0 radical (unpaired) electrons. The number of benzene rings is 2. The molecule has 1 aliphatic rings. The number of rotatable bonds is 4. The summed E-state index contributed by atoms with van der Waals surface area (Å²) in [6.45, 7) is 0. The first-order valence-corrected chi connectivity index (χ1v) is 7.97. The van der Waals surface area contributed by atoms with Crippen molar-refractivity contribution in [2.45, 2.75) is 0 Å². The van der Waals surface area contributed by atoms with Crippen LogP contribution < -0.4 is 9.47 Å². The molecule has 1 aliphatic heterocycles. The zero-order chi connectivity index (χ0) is 18.0. The number of ether oxygens (including phenoxy) is 3. The largest absolute Gasteiger partial charge is 0.497 e. The van der Waals surface area contributed by atoms with Crippen LogP contribution in [-0.2, 0) is 9.53 Å². The average Bonchev–Trinajstić information content (AvgIpc) is 2.95. The van der Waals surface area contributed by atoms with Crippen LogP contribution in [0, 0.1) is 0 Å². The lowest BCUT2D eigenvalue weighted by Crippen LogP contribution is -2.06. The number of hydrogen-bond donors (Lipinski definition) is 0. The van der Waals surface area contributed by atoms with E-state index in [0.717, 1.165) is 0 Å². The Morgan fingerprint density at radius 3 is 2.56 bits per heavy atom. The number of methoxy groups -OCH3 is 2. The summed E-state index contributed by atoms with van der Waals surface area (Å²) in [5.41, 5.74) is 1.26. The molecule has 2 aromatic rings. The van der Waals surface area contributed by atoms with Crippen LogP contribution in [0.2, 0.25) is 10.0 Å². The Morgan fingerprint density at radius 1 is 1.08 bits per heavy atom. The third-order valence-corrected chi connectivity index (χ3v) is 4.06. The second-order valence-electron chi connectivity index (χ2n) is 5.07. The first-order chi connectivity index (χ1) is 12.0. The van der Waals surface area contributed by atoms with Gasteiger partial charge in [-0.05, 0) is 42.5 Å². The number of hydrogen-bond acceptors (Lipinski definition) is 5. The van der Waals surface area contributed by atoms with E-state index < -0.39 is 5.97 Å². The van der Waals surface area contributed by atoms with Crippen molar-refractivity contribution in [3.63, 3.8) is 0 Å². The molecule has 7 heteroatoms. The fourth-order valence-electron chi connectivity index (χ4n) is 2.29. The summed E-state index contributed by atoms with van der Waals surface area (Å²) in [5.74, 6) is 0.754. The van der Waals surface area contributed by atoms with Crippen LogP contribution in [-0.4, -0.2) is 26.1 Å². The van der Waals surface area contributed by atoms with E-state index in [4.69, 9.17) is 37.4 Å². The average molecular weight is 378 g/mol. The third kappa shape index (κ3) is 3.62. The van der Waals surface area contributed by atoms with Crippen molar-refractivity contribution in [2.75, 3.05) is 14.2 Å². The van der Waals surface area contributed by atoms with Gasteiger partial charge in [-0.3, -0.25) is 0 Å². The molecule has 128 valence electrons. The first-order valence-electron chi connectivity index (χ1n) is 7.22. The van der Waals surface area contributed by atoms with Gasteiger partial charge >= 0.3 is 5.97 Å². The molecule has 0 aromatic heterocycles. The van der Waals surface area contributed by atoms with Gasteiger partial charge in [0.05, 0.1) is 24.8 Å². The topological polar surface area (TPSA) is 57.1 Å². The Kier molecular flexibility index (Phi) is 4.97. The van der Waals surface area contributed by atoms with Gasteiger partial charge in [-0.2, -0.15) is 0 Å². The molecule has 3 rings (SSSR count). The first kappa shape index (κ1) is 17.3. The monoisotopic (exact) mass is 377 g/mol. The summed E-state index contributed by atoms with van der Waals surface area (Å²) in [6, 6.07) is 10.1. The molecular weight excluding hydrogens is 365 g/mol. The fourth-order valence-corrected chi connectivity index (χ4v) is 2.78. The number of nitrogens with zero attached hydrogens (tertiary/aromatic N) is 1. The number of cyclic esters (lactones) is 1. The molecule has 0 unspecified atom stereocenters. The molecule has 5 nitrogen and oxygen atoms in total. The van der Waals surface area contributed by atoms with Crippen LogP contribution in [0.3, 0.4) is 0 Å². The minimum atomic E-state index is -0.578. The summed E-state index contributed by atoms with van der Waals surface area (Å²) in [7, 11) is 3.10. The maximum Gasteiger partial charge on any atom is 0.363 e. The maximum absolute atomic E-state index is 12.1. The molecule has 0 amide bonds. The molecule has 0 N–H and O–H groups in total. The Hall–Kier alpha value is -2.50. The summed E-state index contributed by atoms with van der Waals surface area (Å²) in [5, 5.41) is 0.829. The molecule has 2 aromatic carbocycles. The zero-order valence-electron chi connectivity index (χ0n) is 13.4. The van der Waals surface area contributed by atoms with Crippen molar-refractivity contribution < 1.29 is 19.0 Å². The summed E-state index contributed by atoms with van der Waals surface area (Å²) < 4.78 is 15.7. The van der Waals surface area contributed by atoms with Gasteiger partial charge in [0.2, 0.25) is 5.90 Å². The van der Waals surface area contributed by atoms with Crippen LogP contribution in [0.15, 0.2) is 47.1 Å².